The maximum atomic E-state index is 13.6. The number of amides is 1. The fourth-order valence-electron chi connectivity index (χ4n) is 4.32. The molecular formula is C23H34F2N8O2. The number of rotatable bonds is 9. The molecule has 1 atom stereocenters. The van der Waals surface area contributed by atoms with E-state index in [0.29, 0.717) is 32.1 Å². The molecule has 2 N–H and O–H groups in total. The van der Waals surface area contributed by atoms with Crippen molar-refractivity contribution in [2.24, 2.45) is 0 Å². The maximum absolute atomic E-state index is 13.6. The summed E-state index contributed by atoms with van der Waals surface area (Å²) in [5.74, 6) is 0.284. The summed E-state index contributed by atoms with van der Waals surface area (Å²) >= 11 is 0. The Kier molecular flexibility index (Phi) is 7.39. The van der Waals surface area contributed by atoms with Gasteiger partial charge in [-0.3, -0.25) is 4.68 Å². The molecule has 2 aromatic heterocycles. The number of halogens is 2. The minimum absolute atomic E-state index is 0.0716. The Balaban J connectivity index is 1.37. The number of nitrogens with zero attached hydrogens (tertiary/aromatic N) is 6. The van der Waals surface area contributed by atoms with Crippen molar-refractivity contribution in [2.75, 3.05) is 50.4 Å². The summed E-state index contributed by atoms with van der Waals surface area (Å²) in [4.78, 5) is 24.4. The van der Waals surface area contributed by atoms with Crippen LogP contribution in [-0.2, 0) is 4.74 Å². The fraction of sp³-hybridized carbons (Fsp3) is 0.652. The summed E-state index contributed by atoms with van der Waals surface area (Å²) in [5, 5.41) is 10.7. The van der Waals surface area contributed by atoms with Gasteiger partial charge in [0.05, 0.1) is 23.0 Å². The summed E-state index contributed by atoms with van der Waals surface area (Å²) in [6.07, 6.45) is 2.33. The largest absolute Gasteiger partial charge is 0.443 e. The Morgan fingerprint density at radius 3 is 2.80 bits per heavy atom. The van der Waals surface area contributed by atoms with Crippen molar-refractivity contribution < 1.29 is 18.3 Å². The predicted octanol–water partition coefficient (Wildman–Crippen LogP) is 3.96. The highest BCUT2D eigenvalue weighted by molar-refractivity contribution is 5.69. The maximum Gasteiger partial charge on any atom is 0.410 e. The molecule has 192 valence electrons. The Morgan fingerprint density at radius 2 is 2.11 bits per heavy atom. The molecule has 1 unspecified atom stereocenters. The molecule has 35 heavy (non-hydrogen) atoms. The second kappa shape index (κ2) is 10.3. The smallest absolute Gasteiger partial charge is 0.410 e. The number of aromatic nitrogens is 4. The van der Waals surface area contributed by atoms with Crippen LogP contribution in [0, 0.1) is 6.92 Å². The number of aryl methyl sites for hydroxylation is 1. The lowest BCUT2D eigenvalue weighted by molar-refractivity contribution is -0.0253. The lowest BCUT2D eigenvalue weighted by atomic mass is 10.0. The van der Waals surface area contributed by atoms with E-state index in [-0.39, 0.29) is 23.4 Å². The van der Waals surface area contributed by atoms with Gasteiger partial charge in [-0.25, -0.2) is 18.6 Å². The van der Waals surface area contributed by atoms with Crippen LogP contribution in [0.3, 0.4) is 0 Å². The van der Waals surface area contributed by atoms with Gasteiger partial charge < -0.3 is 25.2 Å². The Labute approximate surface area is 204 Å². The van der Waals surface area contributed by atoms with Gasteiger partial charge >= 0.3 is 6.09 Å². The molecule has 0 aromatic carbocycles. The van der Waals surface area contributed by atoms with Gasteiger partial charge in [-0.05, 0) is 47.2 Å². The number of alkyl halides is 2. The number of carbonyl (C=O) groups excluding carboxylic acids is 1. The number of nitrogens with one attached hydrogen (secondary N) is 2. The molecule has 12 heteroatoms. The summed E-state index contributed by atoms with van der Waals surface area (Å²) in [5.41, 5.74) is 0.801. The number of likely N-dealkylation sites (tertiary alicyclic amines) is 1. The van der Waals surface area contributed by atoms with Gasteiger partial charge in [0.15, 0.2) is 0 Å². The van der Waals surface area contributed by atoms with Crippen LogP contribution in [0.5, 0.6) is 0 Å². The number of hydrogen-bond acceptors (Lipinski definition) is 8. The van der Waals surface area contributed by atoms with Crippen molar-refractivity contribution in [3.8, 4) is 0 Å². The molecule has 2 fully saturated rings. The van der Waals surface area contributed by atoms with Crippen molar-refractivity contribution in [2.45, 2.75) is 58.1 Å². The van der Waals surface area contributed by atoms with Gasteiger partial charge in [0.25, 0.3) is 6.43 Å². The number of anilines is 3. The van der Waals surface area contributed by atoms with E-state index in [1.807, 2.05) is 31.6 Å². The highest BCUT2D eigenvalue weighted by atomic mass is 19.3. The molecule has 4 rings (SSSR count). The lowest BCUT2D eigenvalue weighted by Crippen LogP contribution is -2.47. The van der Waals surface area contributed by atoms with Gasteiger partial charge in [-0.1, -0.05) is 0 Å². The number of ether oxygens (including phenoxy) is 1. The van der Waals surface area contributed by atoms with Crippen LogP contribution in [0.1, 0.15) is 56.8 Å². The molecular weight excluding hydrogens is 458 g/mol. The van der Waals surface area contributed by atoms with Gasteiger partial charge in [0.2, 0.25) is 5.95 Å². The number of cyclic esters (lactones) is 1. The van der Waals surface area contributed by atoms with Gasteiger partial charge in [0.1, 0.15) is 11.4 Å². The summed E-state index contributed by atoms with van der Waals surface area (Å²) in [6, 6.07) is 0.303. The molecule has 10 nitrogen and oxygen atoms in total. The zero-order valence-corrected chi connectivity index (χ0v) is 20.7. The third-order valence-corrected chi connectivity index (χ3v) is 6.46. The van der Waals surface area contributed by atoms with Crippen molar-refractivity contribution in [3.05, 3.63) is 23.7 Å². The summed E-state index contributed by atoms with van der Waals surface area (Å²) < 4.78 is 34.5. The number of hydrogen-bond donors (Lipinski definition) is 2. The minimum atomic E-state index is -2.71. The van der Waals surface area contributed by atoms with Gasteiger partial charge in [-0.2, -0.15) is 10.1 Å². The van der Waals surface area contributed by atoms with E-state index >= 15 is 0 Å². The second-order valence-corrected chi connectivity index (χ2v) is 9.88. The van der Waals surface area contributed by atoms with E-state index in [2.05, 4.69) is 37.6 Å². The second-order valence-electron chi connectivity index (χ2n) is 9.88. The van der Waals surface area contributed by atoms with Crippen LogP contribution >= 0.6 is 0 Å². The third-order valence-electron chi connectivity index (χ3n) is 6.46. The van der Waals surface area contributed by atoms with Crippen LogP contribution in [0.4, 0.5) is 31.0 Å². The molecule has 2 saturated heterocycles. The first kappa shape index (κ1) is 25.1. The average molecular weight is 493 g/mol. The molecule has 0 radical (unpaired) electrons. The molecule has 2 aromatic rings. The van der Waals surface area contributed by atoms with Gasteiger partial charge in [-0.15, -0.1) is 0 Å². The van der Waals surface area contributed by atoms with E-state index < -0.39 is 12.0 Å². The van der Waals surface area contributed by atoms with Gasteiger partial charge in [0, 0.05) is 45.0 Å². The third kappa shape index (κ3) is 6.16. The van der Waals surface area contributed by atoms with Crippen LogP contribution < -0.4 is 10.6 Å². The zero-order chi connectivity index (χ0) is 25.2. The predicted molar refractivity (Wildman–Crippen MR) is 128 cm³/mol. The van der Waals surface area contributed by atoms with E-state index in [9.17, 15) is 13.6 Å². The number of likely N-dealkylation sites (N-methyl/N-ethyl adjacent to an activating group) is 1. The normalized spacial score (nSPS) is 20.4. The molecule has 2 aliphatic heterocycles. The minimum Gasteiger partial charge on any atom is -0.443 e. The first-order chi connectivity index (χ1) is 16.6. The van der Waals surface area contributed by atoms with Crippen LogP contribution in [0.2, 0.25) is 0 Å². The SMILES string of the molecule is Cc1nn(C2CCN(C)C2)cc1Nc1ncc(C(F)F)c(NCCCN2CCC(C)(C)OC2=O)n1. The quantitative estimate of drug-likeness (QED) is 0.508. The highest BCUT2D eigenvalue weighted by Gasteiger charge is 2.32. The van der Waals surface area contributed by atoms with Crippen molar-refractivity contribution in [1.29, 1.82) is 0 Å². The van der Waals surface area contributed by atoms with Crippen molar-refractivity contribution >= 4 is 23.5 Å². The zero-order valence-electron chi connectivity index (χ0n) is 20.7. The molecule has 0 spiro atoms. The van der Waals surface area contributed by atoms with Crippen LogP contribution in [0.25, 0.3) is 0 Å². The molecule has 0 bridgehead atoms. The molecule has 4 heterocycles. The summed E-state index contributed by atoms with van der Waals surface area (Å²) in [7, 11) is 2.08. The first-order valence-electron chi connectivity index (χ1n) is 12.0. The lowest BCUT2D eigenvalue weighted by Gasteiger charge is -2.36. The van der Waals surface area contributed by atoms with Crippen molar-refractivity contribution in [3.63, 3.8) is 0 Å². The monoisotopic (exact) mass is 492 g/mol. The molecule has 0 saturated carbocycles. The molecule has 1 amide bonds. The Morgan fingerprint density at radius 1 is 1.31 bits per heavy atom. The Bertz CT molecular complexity index is 1040. The Hall–Kier alpha value is -3.02. The average Bonchev–Trinajstić information content (AvgIpc) is 3.37. The van der Waals surface area contributed by atoms with E-state index in [1.165, 1.54) is 0 Å². The standard InChI is InChI=1S/C23H34F2N8O2/c1-15-18(14-33(30-15)16-6-10-31(4)13-16)28-21-27-12-17(19(24)25)20(29-21)26-8-5-9-32-11-7-23(2,3)35-22(32)34/h12,14,16,19H,5-11,13H2,1-4H3,(H2,26,27,28,29). The molecule has 0 aliphatic carbocycles. The molecule has 2 aliphatic rings. The van der Waals surface area contributed by atoms with Crippen molar-refractivity contribution in [1.82, 2.24) is 29.5 Å². The van der Waals surface area contributed by atoms with Crippen LogP contribution in [0.15, 0.2) is 12.4 Å². The number of carbonyl (C=O) groups is 1. The van der Waals surface area contributed by atoms with E-state index in [1.54, 1.807) is 4.90 Å². The van der Waals surface area contributed by atoms with E-state index in [4.69, 9.17) is 4.74 Å². The fourth-order valence-corrected chi connectivity index (χ4v) is 4.32. The van der Waals surface area contributed by atoms with E-state index in [0.717, 1.165) is 43.5 Å². The first-order valence-corrected chi connectivity index (χ1v) is 12.0. The highest BCUT2D eigenvalue weighted by Crippen LogP contribution is 2.28. The topological polar surface area (TPSA) is 100 Å². The summed E-state index contributed by atoms with van der Waals surface area (Å²) in [6.45, 7) is 9.06. The van der Waals surface area contributed by atoms with Crippen LogP contribution in [-0.4, -0.2) is 81.0 Å².